The topological polar surface area (TPSA) is 57.2 Å². The van der Waals surface area contributed by atoms with Crippen LogP contribution in [-0.4, -0.2) is 28.2 Å². The largest absolute Gasteiger partial charge is 0.344 e. The molecule has 15 heavy (non-hydrogen) atoms. The molecule has 0 radical (unpaired) electrons. The highest BCUT2D eigenvalue weighted by atomic mass is 15.5. The molecule has 2 heterocycles. The van der Waals surface area contributed by atoms with Crippen LogP contribution >= 0.6 is 0 Å². The highest BCUT2D eigenvalue weighted by molar-refractivity contribution is 5.75. The van der Waals surface area contributed by atoms with Crippen LogP contribution in [0.5, 0.6) is 0 Å². The fourth-order valence-corrected chi connectivity index (χ4v) is 1.09. The van der Waals surface area contributed by atoms with Gasteiger partial charge in [-0.25, -0.2) is 9.97 Å². The van der Waals surface area contributed by atoms with Crippen LogP contribution in [0.1, 0.15) is 5.82 Å². The van der Waals surface area contributed by atoms with Crippen LogP contribution in [0.4, 0.5) is 5.82 Å². The third-order valence-electron chi connectivity index (χ3n) is 1.85. The summed E-state index contributed by atoms with van der Waals surface area (Å²) in [4.78, 5) is 11.1. The van der Waals surface area contributed by atoms with Crippen LogP contribution in [0.3, 0.4) is 0 Å². The van der Waals surface area contributed by atoms with E-state index >= 15 is 0 Å². The van der Waals surface area contributed by atoms with Crippen LogP contribution in [0.2, 0.25) is 0 Å². The summed E-state index contributed by atoms with van der Waals surface area (Å²) >= 11 is 0. The van der Waals surface area contributed by atoms with E-state index in [9.17, 15) is 0 Å². The van der Waals surface area contributed by atoms with E-state index in [0.29, 0.717) is 0 Å². The molecular weight excluding hydrogens is 190 g/mol. The molecule has 0 saturated heterocycles. The van der Waals surface area contributed by atoms with Gasteiger partial charge in [0.1, 0.15) is 11.6 Å². The molecule has 0 bridgehead atoms. The normalized spacial score (nSPS) is 10.7. The van der Waals surface area contributed by atoms with Gasteiger partial charge in [0.2, 0.25) is 0 Å². The molecule has 0 aliphatic carbocycles. The van der Waals surface area contributed by atoms with Gasteiger partial charge >= 0.3 is 0 Å². The first-order valence-corrected chi connectivity index (χ1v) is 4.54. The van der Waals surface area contributed by atoms with Gasteiger partial charge in [0.15, 0.2) is 0 Å². The molecule has 0 aromatic carbocycles. The van der Waals surface area contributed by atoms with Gasteiger partial charge in [-0.05, 0) is 12.1 Å². The second-order valence-electron chi connectivity index (χ2n) is 2.93. The van der Waals surface area contributed by atoms with Crippen LogP contribution in [-0.2, 0) is 0 Å². The lowest BCUT2D eigenvalue weighted by Gasteiger charge is -2.09. The molecule has 76 valence electrons. The number of hydrogen-bond donors (Lipinski definition) is 1. The van der Waals surface area contributed by atoms with Gasteiger partial charge in [-0.1, -0.05) is 6.07 Å². The lowest BCUT2D eigenvalue weighted by molar-refractivity contribution is 0.980. The van der Waals surface area contributed by atoms with Crippen molar-refractivity contribution in [2.75, 3.05) is 12.1 Å². The molecule has 0 spiro atoms. The molecule has 2 aromatic rings. The zero-order valence-corrected chi connectivity index (χ0v) is 8.33. The Labute approximate surface area is 87.5 Å². The summed E-state index contributed by atoms with van der Waals surface area (Å²) in [6.07, 6.45) is 6.81. The van der Waals surface area contributed by atoms with Crippen LogP contribution in [0.25, 0.3) is 0 Å². The predicted molar refractivity (Wildman–Crippen MR) is 58.8 cm³/mol. The van der Waals surface area contributed by atoms with Crippen molar-refractivity contribution in [2.45, 2.75) is 0 Å². The van der Waals surface area contributed by atoms with Crippen molar-refractivity contribution in [3.8, 4) is 0 Å². The number of hydrazone groups is 1. The van der Waals surface area contributed by atoms with Crippen molar-refractivity contribution in [3.63, 3.8) is 0 Å². The fraction of sp³-hybridized carbons (Fsp3) is 0.100. The average Bonchev–Trinajstić information content (AvgIpc) is 2.80. The molecule has 1 N–H and O–H groups in total. The molecule has 5 nitrogen and oxygen atoms in total. The van der Waals surface area contributed by atoms with Gasteiger partial charge in [0, 0.05) is 25.6 Å². The van der Waals surface area contributed by atoms with Gasteiger partial charge < -0.3 is 4.98 Å². The van der Waals surface area contributed by atoms with Crippen LogP contribution in [0.15, 0.2) is 41.9 Å². The summed E-state index contributed by atoms with van der Waals surface area (Å²) in [6, 6.07) is 5.67. The smallest absolute Gasteiger partial charge is 0.150 e. The zero-order chi connectivity index (χ0) is 10.5. The van der Waals surface area contributed by atoms with E-state index in [2.05, 4.69) is 20.1 Å². The minimum absolute atomic E-state index is 0.720. The van der Waals surface area contributed by atoms with Crippen LogP contribution in [0, 0.1) is 0 Å². The Balaban J connectivity index is 2.07. The molecule has 0 amide bonds. The monoisotopic (exact) mass is 201 g/mol. The van der Waals surface area contributed by atoms with Crippen molar-refractivity contribution in [1.82, 2.24) is 15.0 Å². The van der Waals surface area contributed by atoms with E-state index in [1.54, 1.807) is 29.8 Å². The molecule has 0 aliphatic heterocycles. The summed E-state index contributed by atoms with van der Waals surface area (Å²) < 4.78 is 0. The molecule has 0 fully saturated rings. The van der Waals surface area contributed by atoms with E-state index in [-0.39, 0.29) is 0 Å². The van der Waals surface area contributed by atoms with Crippen molar-refractivity contribution in [3.05, 3.63) is 42.6 Å². The first kappa shape index (κ1) is 9.39. The number of imidazole rings is 1. The molecule has 0 unspecified atom stereocenters. The predicted octanol–water partition coefficient (Wildman–Crippen LogP) is 1.27. The van der Waals surface area contributed by atoms with Crippen molar-refractivity contribution >= 4 is 12.0 Å². The first-order chi connectivity index (χ1) is 7.36. The summed E-state index contributed by atoms with van der Waals surface area (Å²) in [6.45, 7) is 0. The summed E-state index contributed by atoms with van der Waals surface area (Å²) in [5.74, 6) is 1.51. The third kappa shape index (κ3) is 2.40. The van der Waals surface area contributed by atoms with Gasteiger partial charge in [0.25, 0.3) is 0 Å². The van der Waals surface area contributed by atoms with E-state index in [1.165, 1.54) is 0 Å². The number of nitrogens with zero attached hydrogens (tertiary/aromatic N) is 4. The SMILES string of the molecule is CN(/N=C/c1ncc[nH]1)c1ccccn1. The number of aromatic amines is 1. The van der Waals surface area contributed by atoms with E-state index in [4.69, 9.17) is 0 Å². The molecule has 2 aromatic heterocycles. The number of aromatic nitrogens is 3. The lowest BCUT2D eigenvalue weighted by atomic mass is 10.5. The molecule has 0 saturated carbocycles. The third-order valence-corrected chi connectivity index (χ3v) is 1.85. The van der Waals surface area contributed by atoms with Crippen molar-refractivity contribution < 1.29 is 0 Å². The Kier molecular flexibility index (Phi) is 2.73. The number of rotatable bonds is 3. The van der Waals surface area contributed by atoms with Crippen molar-refractivity contribution in [2.24, 2.45) is 5.10 Å². The first-order valence-electron chi connectivity index (χ1n) is 4.54. The Hall–Kier alpha value is -2.17. The fourth-order valence-electron chi connectivity index (χ4n) is 1.09. The standard InChI is InChI=1S/C10H11N5/c1-15(10-4-2-3-5-13-10)14-8-9-11-6-7-12-9/h2-8H,1H3,(H,11,12)/b14-8+. The number of H-pyrrole nitrogens is 1. The Morgan fingerprint density at radius 3 is 2.93 bits per heavy atom. The second-order valence-corrected chi connectivity index (χ2v) is 2.93. The van der Waals surface area contributed by atoms with E-state index in [0.717, 1.165) is 11.6 Å². The van der Waals surface area contributed by atoms with Gasteiger partial charge in [-0.2, -0.15) is 5.10 Å². The highest BCUT2D eigenvalue weighted by Crippen LogP contribution is 2.06. The molecular formula is C10H11N5. The van der Waals surface area contributed by atoms with Gasteiger partial charge in [0.05, 0.1) is 6.21 Å². The Bertz CT molecular complexity index is 420. The lowest BCUT2D eigenvalue weighted by Crippen LogP contribution is -2.10. The minimum atomic E-state index is 0.720. The molecule has 0 aliphatic rings. The maximum atomic E-state index is 4.19. The maximum Gasteiger partial charge on any atom is 0.150 e. The zero-order valence-electron chi connectivity index (χ0n) is 8.33. The van der Waals surface area contributed by atoms with Gasteiger partial charge in [-0.3, -0.25) is 5.01 Å². The Morgan fingerprint density at radius 2 is 2.27 bits per heavy atom. The minimum Gasteiger partial charge on any atom is -0.344 e. The molecule has 5 heteroatoms. The van der Waals surface area contributed by atoms with E-state index in [1.807, 2.05) is 25.2 Å². The number of nitrogens with one attached hydrogen (secondary N) is 1. The molecule has 0 atom stereocenters. The summed E-state index contributed by atoms with van der Waals surface area (Å²) in [5, 5.41) is 5.87. The molecule has 2 rings (SSSR count). The van der Waals surface area contributed by atoms with Crippen molar-refractivity contribution in [1.29, 1.82) is 0 Å². The average molecular weight is 201 g/mol. The number of anilines is 1. The number of hydrogen-bond acceptors (Lipinski definition) is 4. The number of pyridine rings is 1. The van der Waals surface area contributed by atoms with Gasteiger partial charge in [-0.15, -0.1) is 0 Å². The van der Waals surface area contributed by atoms with Crippen LogP contribution < -0.4 is 5.01 Å². The maximum absolute atomic E-state index is 4.19. The summed E-state index contributed by atoms with van der Waals surface area (Å²) in [7, 11) is 1.84. The van der Waals surface area contributed by atoms with E-state index < -0.39 is 0 Å². The Morgan fingerprint density at radius 1 is 1.33 bits per heavy atom. The summed E-state index contributed by atoms with van der Waals surface area (Å²) in [5.41, 5.74) is 0. The highest BCUT2D eigenvalue weighted by Gasteiger charge is 1.97. The second kappa shape index (κ2) is 4.36. The quantitative estimate of drug-likeness (QED) is 0.601.